The molecule has 6 rings (SSSR count). The number of aromatic nitrogens is 2. The van der Waals surface area contributed by atoms with Crippen LogP contribution in [-0.2, 0) is 10.8 Å². The molecule has 2 heteroatoms. The maximum absolute atomic E-state index is 5.03. The van der Waals surface area contributed by atoms with Crippen LogP contribution in [0.4, 0.5) is 0 Å². The summed E-state index contributed by atoms with van der Waals surface area (Å²) in [7, 11) is 0. The van der Waals surface area contributed by atoms with Crippen LogP contribution in [-0.4, -0.2) is 9.97 Å². The van der Waals surface area contributed by atoms with Crippen molar-refractivity contribution in [2.24, 2.45) is 0 Å². The van der Waals surface area contributed by atoms with Crippen LogP contribution in [0.5, 0.6) is 0 Å². The Morgan fingerprint density at radius 2 is 1.28 bits per heavy atom. The predicted octanol–water partition coefficient (Wildman–Crippen LogP) is 5.71. The molecule has 0 spiro atoms. The first kappa shape index (κ1) is 15.1. The Balaban J connectivity index is 1.77. The molecule has 1 heterocycles. The minimum Gasteiger partial charge on any atom is -0.249 e. The van der Waals surface area contributed by atoms with E-state index in [-0.39, 0.29) is 0 Å². The number of rotatable bonds is 1. The standard InChI is InChI=1S/C23H24N2/c1-15-21(16-7-5-4-6-8-16)25-20-14-18-17(13-19(20)24-15)22(2)9-11-23(18,3)12-10-22/h4-8,13-14H,9-12H2,1-3H3. The molecular weight excluding hydrogens is 304 g/mol. The highest BCUT2D eigenvalue weighted by molar-refractivity contribution is 5.81. The second-order valence-electron chi connectivity index (χ2n) is 8.53. The van der Waals surface area contributed by atoms with Crippen molar-refractivity contribution in [2.75, 3.05) is 0 Å². The number of nitrogens with zero attached hydrogens (tertiary/aromatic N) is 2. The van der Waals surface area contributed by atoms with Gasteiger partial charge < -0.3 is 0 Å². The van der Waals surface area contributed by atoms with Crippen molar-refractivity contribution in [2.45, 2.75) is 57.3 Å². The first-order chi connectivity index (χ1) is 12.0. The van der Waals surface area contributed by atoms with Gasteiger partial charge in [0.2, 0.25) is 0 Å². The first-order valence-electron chi connectivity index (χ1n) is 9.37. The molecule has 1 aromatic heterocycles. The van der Waals surface area contributed by atoms with Gasteiger partial charge in [-0.05, 0) is 66.7 Å². The van der Waals surface area contributed by atoms with E-state index in [2.05, 4.69) is 57.2 Å². The normalized spacial score (nSPS) is 27.5. The van der Waals surface area contributed by atoms with Crippen LogP contribution in [0, 0.1) is 6.92 Å². The van der Waals surface area contributed by atoms with E-state index >= 15 is 0 Å². The summed E-state index contributed by atoms with van der Waals surface area (Å²) < 4.78 is 0. The number of benzene rings is 2. The maximum atomic E-state index is 5.03. The molecule has 3 aliphatic rings. The van der Waals surface area contributed by atoms with Crippen LogP contribution in [0.15, 0.2) is 42.5 Å². The van der Waals surface area contributed by atoms with E-state index in [1.807, 2.05) is 6.07 Å². The number of hydrogen-bond acceptors (Lipinski definition) is 2. The molecule has 1 fully saturated rings. The Labute approximate surface area is 149 Å². The van der Waals surface area contributed by atoms with E-state index in [1.54, 1.807) is 0 Å². The Hall–Kier alpha value is -2.22. The third kappa shape index (κ3) is 2.09. The van der Waals surface area contributed by atoms with Gasteiger partial charge in [0.25, 0.3) is 0 Å². The maximum Gasteiger partial charge on any atom is 0.0922 e. The van der Waals surface area contributed by atoms with Crippen LogP contribution in [0.2, 0.25) is 0 Å². The average molecular weight is 328 g/mol. The molecule has 0 N–H and O–H groups in total. The highest BCUT2D eigenvalue weighted by Crippen LogP contribution is 2.56. The zero-order valence-electron chi connectivity index (χ0n) is 15.3. The highest BCUT2D eigenvalue weighted by atomic mass is 14.8. The van der Waals surface area contributed by atoms with Gasteiger partial charge in [-0.1, -0.05) is 44.2 Å². The van der Waals surface area contributed by atoms with E-state index in [9.17, 15) is 0 Å². The summed E-state index contributed by atoms with van der Waals surface area (Å²) in [5.41, 5.74) is 8.95. The zero-order valence-corrected chi connectivity index (χ0v) is 15.3. The van der Waals surface area contributed by atoms with Crippen molar-refractivity contribution in [1.29, 1.82) is 0 Å². The molecule has 0 aliphatic heterocycles. The van der Waals surface area contributed by atoms with Crippen molar-refractivity contribution >= 4 is 11.0 Å². The van der Waals surface area contributed by atoms with Crippen molar-refractivity contribution in [3.8, 4) is 11.3 Å². The molecule has 3 aliphatic carbocycles. The van der Waals surface area contributed by atoms with E-state index < -0.39 is 0 Å². The van der Waals surface area contributed by atoms with Gasteiger partial charge in [0, 0.05) is 5.56 Å². The fourth-order valence-electron chi connectivity index (χ4n) is 4.95. The molecule has 0 radical (unpaired) electrons. The summed E-state index contributed by atoms with van der Waals surface area (Å²) >= 11 is 0. The van der Waals surface area contributed by atoms with Crippen molar-refractivity contribution in [1.82, 2.24) is 9.97 Å². The fourth-order valence-corrected chi connectivity index (χ4v) is 4.95. The number of fused-ring (bicyclic) bond motifs is 3. The second-order valence-corrected chi connectivity index (χ2v) is 8.53. The summed E-state index contributed by atoms with van der Waals surface area (Å²) in [5, 5.41) is 0. The van der Waals surface area contributed by atoms with Crippen LogP contribution in [0.1, 0.15) is 56.4 Å². The number of hydrogen-bond donors (Lipinski definition) is 0. The summed E-state index contributed by atoms with van der Waals surface area (Å²) in [6, 6.07) is 15.1. The van der Waals surface area contributed by atoms with Gasteiger partial charge in [-0.3, -0.25) is 0 Å². The minimum absolute atomic E-state index is 0.320. The fraction of sp³-hybridized carbons (Fsp3) is 0.391. The van der Waals surface area contributed by atoms with Crippen LogP contribution < -0.4 is 0 Å². The zero-order chi connectivity index (χ0) is 17.2. The van der Waals surface area contributed by atoms with Crippen LogP contribution in [0.25, 0.3) is 22.3 Å². The molecule has 0 saturated heterocycles. The van der Waals surface area contributed by atoms with Gasteiger partial charge in [0.15, 0.2) is 0 Å². The van der Waals surface area contributed by atoms with Gasteiger partial charge in [-0.2, -0.15) is 0 Å². The lowest BCUT2D eigenvalue weighted by Crippen LogP contribution is -2.44. The molecule has 0 amide bonds. The van der Waals surface area contributed by atoms with Gasteiger partial charge in [-0.25, -0.2) is 9.97 Å². The molecule has 1 saturated carbocycles. The minimum atomic E-state index is 0.320. The molecule has 2 aromatic carbocycles. The molecule has 0 atom stereocenters. The summed E-state index contributed by atoms with van der Waals surface area (Å²) in [4.78, 5) is 9.96. The Bertz CT molecular complexity index is 980. The smallest absolute Gasteiger partial charge is 0.0922 e. The van der Waals surface area contributed by atoms with Crippen molar-refractivity contribution in [3.05, 3.63) is 59.3 Å². The highest BCUT2D eigenvalue weighted by Gasteiger charge is 2.47. The third-order valence-electron chi connectivity index (χ3n) is 6.78. The third-order valence-corrected chi connectivity index (χ3v) is 6.78. The Kier molecular flexibility index (Phi) is 2.96. The van der Waals surface area contributed by atoms with Gasteiger partial charge >= 0.3 is 0 Å². The number of aryl methyl sites for hydroxylation is 1. The largest absolute Gasteiger partial charge is 0.249 e. The van der Waals surface area contributed by atoms with Crippen molar-refractivity contribution in [3.63, 3.8) is 0 Å². The van der Waals surface area contributed by atoms with Crippen molar-refractivity contribution < 1.29 is 0 Å². The van der Waals surface area contributed by atoms with E-state index in [4.69, 9.17) is 9.97 Å². The molecule has 126 valence electrons. The molecule has 2 bridgehead atoms. The Morgan fingerprint density at radius 3 is 1.84 bits per heavy atom. The monoisotopic (exact) mass is 328 g/mol. The lowest BCUT2D eigenvalue weighted by Gasteiger charge is -2.52. The lowest BCUT2D eigenvalue weighted by atomic mass is 9.52. The van der Waals surface area contributed by atoms with Gasteiger partial charge in [-0.15, -0.1) is 0 Å². The van der Waals surface area contributed by atoms with Gasteiger partial charge in [0.05, 0.1) is 22.4 Å². The topological polar surface area (TPSA) is 25.8 Å². The average Bonchev–Trinajstić information content (AvgIpc) is 2.63. The summed E-state index contributed by atoms with van der Waals surface area (Å²) in [6.45, 7) is 6.95. The van der Waals surface area contributed by atoms with E-state index in [0.717, 1.165) is 28.0 Å². The van der Waals surface area contributed by atoms with E-state index in [1.165, 1.54) is 36.8 Å². The molecular formula is C23H24N2. The Morgan fingerprint density at radius 1 is 0.760 bits per heavy atom. The molecule has 0 unspecified atom stereocenters. The molecule has 25 heavy (non-hydrogen) atoms. The summed E-state index contributed by atoms with van der Waals surface area (Å²) in [6.07, 6.45) is 5.20. The molecule has 3 aromatic rings. The quantitative estimate of drug-likeness (QED) is 0.572. The van der Waals surface area contributed by atoms with E-state index in [0.29, 0.717) is 10.8 Å². The molecule has 2 nitrogen and oxygen atoms in total. The predicted molar refractivity (Wildman–Crippen MR) is 103 cm³/mol. The summed E-state index contributed by atoms with van der Waals surface area (Å²) in [5.74, 6) is 0. The van der Waals surface area contributed by atoms with Crippen LogP contribution >= 0.6 is 0 Å². The second kappa shape index (κ2) is 4.91. The first-order valence-corrected chi connectivity index (χ1v) is 9.37. The van der Waals surface area contributed by atoms with Crippen LogP contribution in [0.3, 0.4) is 0 Å². The lowest BCUT2D eigenvalue weighted by molar-refractivity contribution is 0.188. The SMILES string of the molecule is Cc1nc2cc3c(cc2nc1-c1ccccc1)C1(C)CCC3(C)CC1. The van der Waals surface area contributed by atoms with Gasteiger partial charge in [0.1, 0.15) is 0 Å².